The molecule has 0 spiro atoms. The average molecular weight is 313 g/mol. The van der Waals surface area contributed by atoms with Crippen molar-refractivity contribution in [1.29, 1.82) is 0 Å². The van der Waals surface area contributed by atoms with E-state index in [4.69, 9.17) is 11.6 Å². The molecule has 0 fully saturated rings. The van der Waals surface area contributed by atoms with Crippen molar-refractivity contribution in [3.8, 4) is 0 Å². The Morgan fingerprint density at radius 2 is 1.80 bits per heavy atom. The number of allylic oxidation sites excluding steroid dienone is 1. The van der Waals surface area contributed by atoms with Crippen LogP contribution in [-0.2, 0) is 4.79 Å². The van der Waals surface area contributed by atoms with Gasteiger partial charge in [-0.15, -0.1) is 11.3 Å². The average Bonchev–Trinajstić information content (AvgIpc) is 2.99. The molecule has 1 heterocycles. The Hall–Kier alpha value is -0.600. The highest BCUT2D eigenvalue weighted by molar-refractivity contribution is 7.12. The third kappa shape index (κ3) is 6.71. The van der Waals surface area contributed by atoms with Crippen LogP contribution in [0.25, 0.3) is 5.03 Å². The normalized spacial score (nSPS) is 12.3. The van der Waals surface area contributed by atoms with E-state index in [0.29, 0.717) is 5.03 Å². The van der Waals surface area contributed by atoms with Crippen molar-refractivity contribution in [2.45, 2.75) is 64.7 Å². The molecule has 0 radical (unpaired) electrons. The van der Waals surface area contributed by atoms with E-state index < -0.39 is 0 Å². The SMILES string of the molecule is CCCCCCCCCCC(C=O)=C(Cl)c1cccs1. The monoisotopic (exact) mass is 312 g/mol. The lowest BCUT2D eigenvalue weighted by Crippen LogP contribution is -1.89. The molecular formula is C17H25ClOS. The molecule has 0 aliphatic rings. The molecule has 1 aromatic heterocycles. The van der Waals surface area contributed by atoms with Gasteiger partial charge < -0.3 is 0 Å². The molecule has 0 saturated heterocycles. The van der Waals surface area contributed by atoms with Crippen molar-refractivity contribution in [3.63, 3.8) is 0 Å². The zero-order valence-electron chi connectivity index (χ0n) is 12.4. The number of unbranched alkanes of at least 4 members (excludes halogenated alkanes) is 7. The van der Waals surface area contributed by atoms with Gasteiger partial charge in [0.05, 0.1) is 5.03 Å². The Kier molecular flexibility index (Phi) is 9.69. The second-order valence-electron chi connectivity index (χ2n) is 5.16. The maximum Gasteiger partial charge on any atom is 0.147 e. The molecule has 1 rings (SSSR count). The van der Waals surface area contributed by atoms with E-state index in [2.05, 4.69) is 6.92 Å². The molecule has 1 nitrogen and oxygen atoms in total. The van der Waals surface area contributed by atoms with Gasteiger partial charge in [-0.1, -0.05) is 69.5 Å². The molecule has 0 amide bonds. The van der Waals surface area contributed by atoms with Gasteiger partial charge in [0.2, 0.25) is 0 Å². The van der Waals surface area contributed by atoms with Crippen LogP contribution in [0.1, 0.15) is 69.6 Å². The first-order valence-corrected chi connectivity index (χ1v) is 8.93. The fourth-order valence-electron chi connectivity index (χ4n) is 2.23. The van der Waals surface area contributed by atoms with Crippen LogP contribution in [0.15, 0.2) is 23.1 Å². The Labute approximate surface area is 132 Å². The summed E-state index contributed by atoms with van der Waals surface area (Å²) in [6.07, 6.45) is 11.9. The highest BCUT2D eigenvalue weighted by Crippen LogP contribution is 2.28. The highest BCUT2D eigenvalue weighted by atomic mass is 35.5. The molecule has 0 saturated carbocycles. The van der Waals surface area contributed by atoms with Crippen LogP contribution >= 0.6 is 22.9 Å². The number of carbonyl (C=O) groups is 1. The Bertz CT molecular complexity index is 395. The predicted octanol–water partition coefficient (Wildman–Crippen LogP) is 6.43. The lowest BCUT2D eigenvalue weighted by atomic mass is 10.0. The van der Waals surface area contributed by atoms with Crippen LogP contribution in [0.3, 0.4) is 0 Å². The number of halogens is 1. The molecule has 0 aliphatic carbocycles. The predicted molar refractivity (Wildman–Crippen MR) is 90.4 cm³/mol. The quantitative estimate of drug-likeness (QED) is 0.261. The van der Waals surface area contributed by atoms with Crippen LogP contribution in [0.2, 0.25) is 0 Å². The number of hydrogen-bond donors (Lipinski definition) is 0. The molecular weight excluding hydrogens is 288 g/mol. The Balaban J connectivity index is 2.22. The fourth-order valence-corrected chi connectivity index (χ4v) is 3.26. The minimum absolute atomic E-state index is 0.637. The largest absolute Gasteiger partial charge is 0.298 e. The van der Waals surface area contributed by atoms with E-state index in [9.17, 15) is 4.79 Å². The van der Waals surface area contributed by atoms with Gasteiger partial charge in [0.1, 0.15) is 6.29 Å². The number of rotatable bonds is 11. The third-order valence-electron chi connectivity index (χ3n) is 3.46. The molecule has 0 aromatic carbocycles. The summed E-state index contributed by atoms with van der Waals surface area (Å²) in [6.45, 7) is 2.24. The lowest BCUT2D eigenvalue weighted by molar-refractivity contribution is -0.105. The summed E-state index contributed by atoms with van der Waals surface area (Å²) in [6, 6.07) is 3.92. The summed E-state index contributed by atoms with van der Waals surface area (Å²) >= 11 is 7.85. The number of hydrogen-bond acceptors (Lipinski definition) is 2. The van der Waals surface area contributed by atoms with Crippen LogP contribution in [0.4, 0.5) is 0 Å². The summed E-state index contributed by atoms with van der Waals surface area (Å²) < 4.78 is 0. The van der Waals surface area contributed by atoms with Crippen LogP contribution in [0, 0.1) is 0 Å². The van der Waals surface area contributed by atoms with Gasteiger partial charge in [-0.05, 0) is 24.3 Å². The molecule has 0 bridgehead atoms. The Morgan fingerprint density at radius 3 is 2.35 bits per heavy atom. The Morgan fingerprint density at radius 1 is 1.15 bits per heavy atom. The minimum atomic E-state index is 0.637. The van der Waals surface area contributed by atoms with Gasteiger partial charge in [-0.25, -0.2) is 0 Å². The summed E-state index contributed by atoms with van der Waals surface area (Å²) in [5.74, 6) is 0. The van der Waals surface area contributed by atoms with Gasteiger partial charge in [0.25, 0.3) is 0 Å². The van der Waals surface area contributed by atoms with Crippen molar-refractivity contribution in [2.75, 3.05) is 0 Å². The van der Waals surface area contributed by atoms with Gasteiger partial charge in [0.15, 0.2) is 0 Å². The van der Waals surface area contributed by atoms with E-state index in [1.807, 2.05) is 17.5 Å². The molecule has 0 unspecified atom stereocenters. The maximum absolute atomic E-state index is 11.1. The molecule has 0 N–H and O–H groups in total. The van der Waals surface area contributed by atoms with Crippen LogP contribution in [-0.4, -0.2) is 6.29 Å². The molecule has 0 aliphatic heterocycles. The molecule has 3 heteroatoms. The number of aldehydes is 1. The standard InChI is InChI=1S/C17H25ClOS/c1-2-3-4-5-6-7-8-9-11-15(14-19)17(18)16-12-10-13-20-16/h10,12-14H,2-9,11H2,1H3. The lowest BCUT2D eigenvalue weighted by Gasteiger charge is -2.04. The van der Waals surface area contributed by atoms with Crippen LogP contribution in [0.5, 0.6) is 0 Å². The van der Waals surface area contributed by atoms with Gasteiger partial charge in [-0.3, -0.25) is 4.79 Å². The maximum atomic E-state index is 11.1. The summed E-state index contributed by atoms with van der Waals surface area (Å²) in [7, 11) is 0. The first-order chi connectivity index (χ1) is 9.79. The van der Waals surface area contributed by atoms with Crippen molar-refractivity contribution < 1.29 is 4.79 Å². The summed E-state index contributed by atoms with van der Waals surface area (Å²) in [4.78, 5) is 12.1. The first kappa shape index (κ1) is 17.5. The van der Waals surface area contributed by atoms with Crippen LogP contribution < -0.4 is 0 Å². The molecule has 1 aromatic rings. The summed E-state index contributed by atoms with van der Waals surface area (Å²) in [5.41, 5.74) is 0.750. The fraction of sp³-hybridized carbons (Fsp3) is 0.588. The first-order valence-electron chi connectivity index (χ1n) is 7.67. The van der Waals surface area contributed by atoms with Crippen molar-refractivity contribution in [2.24, 2.45) is 0 Å². The van der Waals surface area contributed by atoms with Gasteiger partial charge in [0, 0.05) is 10.5 Å². The van der Waals surface area contributed by atoms with Crippen molar-refractivity contribution in [3.05, 3.63) is 28.0 Å². The van der Waals surface area contributed by atoms with Gasteiger partial charge >= 0.3 is 0 Å². The molecule has 0 atom stereocenters. The van der Waals surface area contributed by atoms with E-state index in [1.165, 1.54) is 44.9 Å². The van der Waals surface area contributed by atoms with E-state index in [1.54, 1.807) is 11.3 Å². The topological polar surface area (TPSA) is 17.1 Å². The zero-order valence-corrected chi connectivity index (χ0v) is 13.9. The summed E-state index contributed by atoms with van der Waals surface area (Å²) in [5, 5.41) is 2.62. The van der Waals surface area contributed by atoms with Crippen molar-refractivity contribution >= 4 is 34.3 Å². The molecule has 20 heavy (non-hydrogen) atoms. The second-order valence-corrected chi connectivity index (χ2v) is 6.48. The second kappa shape index (κ2) is 11.1. The number of carbonyl (C=O) groups excluding carboxylic acids is 1. The minimum Gasteiger partial charge on any atom is -0.298 e. The third-order valence-corrected chi connectivity index (χ3v) is 4.91. The molecule has 112 valence electrons. The smallest absolute Gasteiger partial charge is 0.147 e. The van der Waals surface area contributed by atoms with Crippen molar-refractivity contribution in [1.82, 2.24) is 0 Å². The van der Waals surface area contributed by atoms with E-state index in [-0.39, 0.29) is 0 Å². The zero-order chi connectivity index (χ0) is 14.6. The highest BCUT2D eigenvalue weighted by Gasteiger charge is 2.07. The van der Waals surface area contributed by atoms with Gasteiger partial charge in [-0.2, -0.15) is 0 Å². The number of thiophene rings is 1. The van der Waals surface area contributed by atoms with E-state index >= 15 is 0 Å². The van der Waals surface area contributed by atoms with E-state index in [0.717, 1.165) is 29.6 Å².